The second-order valence-corrected chi connectivity index (χ2v) is 5.45. The molecule has 0 aliphatic rings. The molecule has 0 fully saturated rings. The Morgan fingerprint density at radius 2 is 1.84 bits per heavy atom. The molecule has 0 radical (unpaired) electrons. The van der Waals surface area contributed by atoms with Gasteiger partial charge in [-0.1, -0.05) is 6.07 Å². The Hall–Kier alpha value is -3.22. The van der Waals surface area contributed by atoms with Crippen molar-refractivity contribution < 1.29 is 18.3 Å². The summed E-state index contributed by atoms with van der Waals surface area (Å²) in [6.07, 6.45) is 1.36. The van der Waals surface area contributed by atoms with E-state index in [4.69, 9.17) is 4.74 Å². The summed E-state index contributed by atoms with van der Waals surface area (Å²) in [5.74, 6) is -1.91. The van der Waals surface area contributed by atoms with Crippen LogP contribution in [0.15, 0.2) is 47.4 Å². The SMILES string of the molecule is COc1cccc2c(=O)c(C(=O)Nc3cc(F)cc(F)c3)cn(C)c12. The third-order valence-electron chi connectivity index (χ3n) is 3.75. The largest absolute Gasteiger partial charge is 0.495 e. The molecule has 5 nitrogen and oxygen atoms in total. The van der Waals surface area contributed by atoms with E-state index >= 15 is 0 Å². The first-order chi connectivity index (χ1) is 11.9. The van der Waals surface area contributed by atoms with Crippen LogP contribution < -0.4 is 15.5 Å². The van der Waals surface area contributed by atoms with Gasteiger partial charge in [-0.2, -0.15) is 0 Å². The van der Waals surface area contributed by atoms with Crippen molar-refractivity contribution in [2.75, 3.05) is 12.4 Å². The zero-order valence-corrected chi connectivity index (χ0v) is 13.5. The number of rotatable bonds is 3. The second kappa shape index (κ2) is 6.35. The number of anilines is 1. The fourth-order valence-electron chi connectivity index (χ4n) is 2.68. The second-order valence-electron chi connectivity index (χ2n) is 5.45. The quantitative estimate of drug-likeness (QED) is 0.794. The molecular formula is C18H14F2N2O3. The summed E-state index contributed by atoms with van der Waals surface area (Å²) < 4.78 is 33.3. The summed E-state index contributed by atoms with van der Waals surface area (Å²) in [7, 11) is 3.15. The van der Waals surface area contributed by atoms with Crippen molar-refractivity contribution in [3.8, 4) is 5.75 Å². The van der Waals surface area contributed by atoms with Gasteiger partial charge in [-0.15, -0.1) is 0 Å². The number of aryl methyl sites for hydroxylation is 1. The van der Waals surface area contributed by atoms with Crippen molar-refractivity contribution in [2.45, 2.75) is 0 Å². The number of aromatic nitrogens is 1. The topological polar surface area (TPSA) is 60.3 Å². The van der Waals surface area contributed by atoms with Crippen LogP contribution in [0, 0.1) is 11.6 Å². The molecule has 3 aromatic rings. The molecule has 1 aromatic heterocycles. The highest BCUT2D eigenvalue weighted by Crippen LogP contribution is 2.23. The molecule has 0 unspecified atom stereocenters. The molecular weight excluding hydrogens is 330 g/mol. The van der Waals surface area contributed by atoms with Gasteiger partial charge in [0.25, 0.3) is 5.91 Å². The number of hydrogen-bond acceptors (Lipinski definition) is 3. The Kier molecular flexibility index (Phi) is 4.22. The summed E-state index contributed by atoms with van der Waals surface area (Å²) in [6.45, 7) is 0. The van der Waals surface area contributed by atoms with Crippen molar-refractivity contribution in [3.63, 3.8) is 0 Å². The van der Waals surface area contributed by atoms with E-state index in [0.29, 0.717) is 22.7 Å². The number of para-hydroxylation sites is 1. The van der Waals surface area contributed by atoms with E-state index in [0.717, 1.165) is 12.1 Å². The van der Waals surface area contributed by atoms with Crippen LogP contribution >= 0.6 is 0 Å². The molecule has 0 bridgehead atoms. The minimum Gasteiger partial charge on any atom is -0.495 e. The molecule has 0 saturated carbocycles. The molecule has 1 N–H and O–H groups in total. The van der Waals surface area contributed by atoms with E-state index in [1.807, 2.05) is 0 Å². The Balaban J connectivity index is 2.08. The third-order valence-corrected chi connectivity index (χ3v) is 3.75. The number of amides is 1. The van der Waals surface area contributed by atoms with Gasteiger partial charge in [0.2, 0.25) is 5.43 Å². The zero-order valence-electron chi connectivity index (χ0n) is 13.5. The molecule has 0 spiro atoms. The summed E-state index contributed by atoms with van der Waals surface area (Å²) in [5.41, 5.74) is -0.173. The van der Waals surface area contributed by atoms with E-state index in [2.05, 4.69) is 5.32 Å². The van der Waals surface area contributed by atoms with Gasteiger partial charge in [-0.05, 0) is 24.3 Å². The van der Waals surface area contributed by atoms with Crippen LogP contribution in [0.25, 0.3) is 10.9 Å². The standard InChI is InChI=1S/C18H14F2N2O3/c1-22-9-14(17(23)13-4-3-5-15(25-2)16(13)22)18(24)21-12-7-10(19)6-11(20)8-12/h3-9H,1-2H3,(H,21,24). The summed E-state index contributed by atoms with van der Waals surface area (Å²) in [4.78, 5) is 25.0. The molecule has 1 amide bonds. The van der Waals surface area contributed by atoms with Crippen molar-refractivity contribution >= 4 is 22.5 Å². The van der Waals surface area contributed by atoms with E-state index in [1.54, 1.807) is 29.8 Å². The predicted octanol–water partition coefficient (Wildman–Crippen LogP) is 3.08. The van der Waals surface area contributed by atoms with Gasteiger partial charge in [0.15, 0.2) is 0 Å². The minimum atomic E-state index is -0.827. The van der Waals surface area contributed by atoms with E-state index in [1.165, 1.54) is 13.3 Å². The number of benzene rings is 2. The maximum absolute atomic E-state index is 13.2. The van der Waals surface area contributed by atoms with Gasteiger partial charge >= 0.3 is 0 Å². The first-order valence-corrected chi connectivity index (χ1v) is 7.34. The number of fused-ring (bicyclic) bond motifs is 1. The number of pyridine rings is 1. The van der Waals surface area contributed by atoms with E-state index < -0.39 is 23.0 Å². The van der Waals surface area contributed by atoms with Crippen LogP contribution in [0.5, 0.6) is 5.75 Å². The molecule has 7 heteroatoms. The summed E-state index contributed by atoms with van der Waals surface area (Å²) in [5, 5.41) is 2.64. The van der Waals surface area contributed by atoms with E-state index in [9.17, 15) is 18.4 Å². The first kappa shape index (κ1) is 16.6. The molecule has 0 aliphatic carbocycles. The predicted molar refractivity (Wildman–Crippen MR) is 90.1 cm³/mol. The van der Waals surface area contributed by atoms with Crippen molar-refractivity contribution in [1.82, 2.24) is 4.57 Å². The molecule has 0 saturated heterocycles. The van der Waals surface area contributed by atoms with Crippen molar-refractivity contribution in [1.29, 1.82) is 0 Å². The van der Waals surface area contributed by atoms with Crippen LogP contribution in [-0.4, -0.2) is 17.6 Å². The summed E-state index contributed by atoms with van der Waals surface area (Å²) >= 11 is 0. The smallest absolute Gasteiger partial charge is 0.261 e. The van der Waals surface area contributed by atoms with Gasteiger partial charge in [0.1, 0.15) is 22.9 Å². The number of nitrogens with one attached hydrogen (secondary N) is 1. The van der Waals surface area contributed by atoms with Crippen LogP contribution in [-0.2, 0) is 7.05 Å². The third kappa shape index (κ3) is 3.08. The highest BCUT2D eigenvalue weighted by molar-refractivity contribution is 6.06. The number of hydrogen-bond donors (Lipinski definition) is 1. The van der Waals surface area contributed by atoms with Gasteiger partial charge < -0.3 is 14.6 Å². The minimum absolute atomic E-state index is 0.0738. The van der Waals surface area contributed by atoms with Gasteiger partial charge in [-0.25, -0.2) is 8.78 Å². The van der Waals surface area contributed by atoms with Crippen LogP contribution in [0.4, 0.5) is 14.5 Å². The summed E-state index contributed by atoms with van der Waals surface area (Å²) in [6, 6.07) is 7.56. The lowest BCUT2D eigenvalue weighted by Gasteiger charge is -2.12. The van der Waals surface area contributed by atoms with Crippen molar-refractivity contribution in [2.24, 2.45) is 7.05 Å². The molecule has 0 aliphatic heterocycles. The number of ether oxygens (including phenoxy) is 1. The average Bonchev–Trinajstić information content (AvgIpc) is 2.56. The number of nitrogens with zero attached hydrogens (tertiary/aromatic N) is 1. The fourth-order valence-corrected chi connectivity index (χ4v) is 2.68. The van der Waals surface area contributed by atoms with Gasteiger partial charge in [0.05, 0.1) is 18.0 Å². The lowest BCUT2D eigenvalue weighted by atomic mass is 10.1. The molecule has 128 valence electrons. The maximum Gasteiger partial charge on any atom is 0.261 e. The average molecular weight is 344 g/mol. The number of halogens is 2. The van der Waals surface area contributed by atoms with Crippen LogP contribution in [0.1, 0.15) is 10.4 Å². The highest BCUT2D eigenvalue weighted by atomic mass is 19.1. The van der Waals surface area contributed by atoms with Crippen LogP contribution in [0.3, 0.4) is 0 Å². The number of carbonyl (C=O) groups is 1. The zero-order chi connectivity index (χ0) is 18.1. The first-order valence-electron chi connectivity index (χ1n) is 7.34. The number of carbonyl (C=O) groups excluding carboxylic acids is 1. The molecule has 0 atom stereocenters. The normalized spacial score (nSPS) is 10.7. The monoisotopic (exact) mass is 344 g/mol. The molecule has 3 rings (SSSR count). The van der Waals surface area contributed by atoms with Crippen LogP contribution in [0.2, 0.25) is 0 Å². The highest BCUT2D eigenvalue weighted by Gasteiger charge is 2.17. The Labute approximate surface area is 141 Å². The Morgan fingerprint density at radius 1 is 1.16 bits per heavy atom. The van der Waals surface area contributed by atoms with Gasteiger partial charge in [0, 0.05) is 25.0 Å². The Morgan fingerprint density at radius 3 is 2.48 bits per heavy atom. The lowest BCUT2D eigenvalue weighted by Crippen LogP contribution is -2.23. The van der Waals surface area contributed by atoms with E-state index in [-0.39, 0.29) is 11.3 Å². The lowest BCUT2D eigenvalue weighted by molar-refractivity contribution is 0.102. The molecule has 1 heterocycles. The molecule has 2 aromatic carbocycles. The Bertz CT molecular complexity index is 1020. The maximum atomic E-state index is 13.2. The fraction of sp³-hybridized carbons (Fsp3) is 0.111. The van der Waals surface area contributed by atoms with Gasteiger partial charge in [-0.3, -0.25) is 9.59 Å². The number of methoxy groups -OCH3 is 1. The molecule has 25 heavy (non-hydrogen) atoms. The van der Waals surface area contributed by atoms with Crippen molar-refractivity contribution in [3.05, 3.63) is 70.0 Å².